The minimum absolute atomic E-state index is 0.138. The van der Waals surface area contributed by atoms with E-state index in [2.05, 4.69) is 69.9 Å². The molecule has 3 heteroatoms. The van der Waals surface area contributed by atoms with Crippen molar-refractivity contribution in [2.45, 2.75) is 46.6 Å². The molecule has 0 aliphatic carbocycles. The Morgan fingerprint density at radius 3 is 1.44 bits per heavy atom. The average molecular weight is 402 g/mol. The summed E-state index contributed by atoms with van der Waals surface area (Å²) in [7, 11) is 3.57. The Morgan fingerprint density at radius 1 is 0.680 bits per heavy atom. The zero-order valence-electron chi connectivity index (χ0n) is 13.8. The van der Waals surface area contributed by atoms with Gasteiger partial charge in [-0.25, -0.2) is 0 Å². The molecule has 126 valence electrons. The van der Waals surface area contributed by atoms with Crippen molar-refractivity contribution in [1.29, 1.82) is 0 Å². The maximum absolute atomic E-state index is 3.71. The first-order valence-corrected chi connectivity index (χ1v) is 18.1. The van der Waals surface area contributed by atoms with Crippen molar-refractivity contribution in [3.8, 4) is 0 Å². The van der Waals surface area contributed by atoms with E-state index in [1.165, 1.54) is 38.5 Å². The predicted octanol–water partition coefficient (Wildman–Crippen LogP) is 5.20. The third-order valence-electron chi connectivity index (χ3n) is 17.3. The summed E-state index contributed by atoms with van der Waals surface area (Å²) >= 11 is 0. The number of fused-ring (bicyclic) bond motifs is 10. The van der Waals surface area contributed by atoms with Crippen LogP contribution < -0.4 is 10.6 Å². The van der Waals surface area contributed by atoms with Gasteiger partial charge in [-0.1, -0.05) is 0 Å². The van der Waals surface area contributed by atoms with Crippen LogP contribution in [0.2, 0.25) is 38.5 Å². The van der Waals surface area contributed by atoms with E-state index in [4.69, 9.17) is 0 Å². The van der Waals surface area contributed by atoms with Crippen LogP contribution in [-0.2, 0) is 6.51 Å². The van der Waals surface area contributed by atoms with Crippen molar-refractivity contribution >= 4 is 27.8 Å². The molecule has 10 aliphatic heterocycles. The molecule has 10 heterocycles. The van der Waals surface area contributed by atoms with Crippen LogP contribution in [0.5, 0.6) is 0 Å². The summed E-state index contributed by atoms with van der Waals surface area (Å²) in [4.78, 5) is 11.0. The van der Waals surface area contributed by atoms with Gasteiger partial charge in [0.2, 0.25) is 0 Å². The van der Waals surface area contributed by atoms with Crippen molar-refractivity contribution in [2.75, 3.05) is 0 Å². The molecule has 6 atom stereocenters. The molecule has 2 aromatic carbocycles. The summed E-state index contributed by atoms with van der Waals surface area (Å²) in [6.07, 6.45) is 0. The molecule has 25 heavy (non-hydrogen) atoms. The molecule has 6 unspecified atom stereocenters. The Bertz CT molecular complexity index is 1440. The van der Waals surface area contributed by atoms with E-state index >= 15 is 0 Å². The van der Waals surface area contributed by atoms with E-state index < -0.39 is 6.51 Å². The predicted molar refractivity (Wildman–Crippen MR) is 104 cm³/mol. The molecule has 1 spiro atoms. The van der Waals surface area contributed by atoms with Crippen LogP contribution in [0.3, 0.4) is 0 Å². The van der Waals surface area contributed by atoms with Crippen molar-refractivity contribution in [3.63, 3.8) is 0 Å². The minimum atomic E-state index is -3.25. The van der Waals surface area contributed by atoms with Crippen molar-refractivity contribution in [2.24, 2.45) is 0 Å². The van der Waals surface area contributed by atoms with E-state index in [9.17, 15) is 0 Å². The van der Waals surface area contributed by atoms with Gasteiger partial charge in [0.1, 0.15) is 0 Å². The molecule has 10 fully saturated rings. The summed E-state index contributed by atoms with van der Waals surface area (Å²) in [5.74, 6) is 0. The quantitative estimate of drug-likeness (QED) is 0.489. The van der Waals surface area contributed by atoms with Crippen molar-refractivity contribution < 1.29 is 6.51 Å². The molecule has 10 saturated heterocycles. The molecule has 0 aromatic heterocycles. The van der Waals surface area contributed by atoms with Gasteiger partial charge in [-0.05, 0) is 0 Å². The zero-order chi connectivity index (χ0) is 15.7. The molecule has 2 aromatic rings. The Hall–Kier alpha value is -0.181. The number of rotatable bonds is 3. The van der Waals surface area contributed by atoms with Gasteiger partial charge < -0.3 is 0 Å². The first-order chi connectivity index (χ1) is 12.0. The van der Waals surface area contributed by atoms with Crippen LogP contribution in [0, 0.1) is 0 Å². The van der Waals surface area contributed by atoms with Gasteiger partial charge in [0.15, 0.2) is 0 Å². The molecule has 0 nitrogen and oxygen atoms in total. The first-order valence-electron chi connectivity index (χ1n) is 9.93. The van der Waals surface area contributed by atoms with Gasteiger partial charge >= 0.3 is 142 Å². The molecule has 0 saturated carbocycles. The number of benzene rings is 2. The van der Waals surface area contributed by atoms with Crippen LogP contribution in [0.15, 0.2) is 60.7 Å². The second kappa shape index (κ2) is 1.24. The third kappa shape index (κ3) is 0.172. The molecule has 0 amide bonds. The molecule has 0 N–H and O–H groups in total. The second-order valence-electron chi connectivity index (χ2n) is 12.8. The van der Waals surface area contributed by atoms with Gasteiger partial charge in [0, 0.05) is 0 Å². The maximum atomic E-state index is 3.71. The van der Waals surface area contributed by atoms with Gasteiger partial charge in [-0.3, -0.25) is 0 Å². The summed E-state index contributed by atoms with van der Waals surface area (Å²) in [5.41, 5.74) is 0. The summed E-state index contributed by atoms with van der Waals surface area (Å²) < 4.78 is 1.75. The zero-order valence-corrected chi connectivity index (χ0v) is 16.9. The average Bonchev–Trinajstić information content (AvgIpc) is 3.60. The SMILES string of the molecule is P[C]12[CH]3[CH]4[CH]5[C]1(P(c1ccccc1)c1ccccc1)[Fe]43521678[CH]2[CH]1[CH]6[CH]7[CH]28. The standard InChI is InChI=1S/C17H15P2.C5H5.Fe/c18-16-12-7-13-17(16)19(14-8-3-1-4-9-14)15-10-5-2-6-11-15;1-2-4-5-3-1;/h1-13H,18H2;1-5H;. The van der Waals surface area contributed by atoms with Crippen LogP contribution in [-0.4, -0.2) is 8.11 Å². The molecule has 0 bridgehead atoms. The first kappa shape index (κ1) is 11.0. The Balaban J connectivity index is 1.33. The molecule has 0 radical (unpaired) electrons. The normalized spacial score (nSPS) is 87.8. The molecule has 10 aliphatic rings. The third-order valence-corrected chi connectivity index (χ3v) is 72.9. The molecule has 12 rings (SSSR count). The van der Waals surface area contributed by atoms with Gasteiger partial charge in [-0.2, -0.15) is 0 Å². The van der Waals surface area contributed by atoms with Crippen molar-refractivity contribution in [3.05, 3.63) is 60.7 Å². The number of hydrogen-bond donors (Lipinski definition) is 0. The fraction of sp³-hybridized carbons (Fsp3) is 0.455. The fourth-order valence-electron chi connectivity index (χ4n) is 18.9. The summed E-state index contributed by atoms with van der Waals surface area (Å²) in [6.45, 7) is -3.25. The van der Waals surface area contributed by atoms with Gasteiger partial charge in [0.25, 0.3) is 0 Å². The van der Waals surface area contributed by atoms with E-state index in [0.717, 1.165) is 8.11 Å². The Morgan fingerprint density at radius 2 is 1.16 bits per heavy atom. The molecular formula is C22H20FeP2. The van der Waals surface area contributed by atoms with Gasteiger partial charge in [-0.15, -0.1) is 0 Å². The summed E-state index contributed by atoms with van der Waals surface area (Å²) in [6, 6.07) is 23.7. The topological polar surface area (TPSA) is 0 Å². The van der Waals surface area contributed by atoms with E-state index in [1.807, 2.05) is 0 Å². The van der Waals surface area contributed by atoms with Crippen LogP contribution >= 0.6 is 17.2 Å². The molecular weight excluding hydrogens is 382 g/mol. The van der Waals surface area contributed by atoms with E-state index in [1.54, 1.807) is 10.6 Å². The Labute approximate surface area is 141 Å². The Kier molecular flexibility index (Phi) is 0.547. The summed E-state index contributed by atoms with van der Waals surface area (Å²) in [5, 5.41) is 3.44. The van der Waals surface area contributed by atoms with E-state index in [-0.39, 0.29) is 7.92 Å². The van der Waals surface area contributed by atoms with Crippen LogP contribution in [0.25, 0.3) is 0 Å². The van der Waals surface area contributed by atoms with Crippen molar-refractivity contribution in [1.82, 2.24) is 0 Å². The van der Waals surface area contributed by atoms with Gasteiger partial charge in [0.05, 0.1) is 0 Å². The van der Waals surface area contributed by atoms with Crippen LogP contribution in [0.4, 0.5) is 0 Å². The number of hydrogen-bond acceptors (Lipinski definition) is 0. The van der Waals surface area contributed by atoms with E-state index in [0.29, 0.717) is 0 Å². The van der Waals surface area contributed by atoms with Crippen LogP contribution in [0.1, 0.15) is 0 Å². The monoisotopic (exact) mass is 402 g/mol. The fourth-order valence-corrected chi connectivity index (χ4v) is 118. The second-order valence-corrected chi connectivity index (χ2v) is 40.3.